The van der Waals surface area contributed by atoms with Gasteiger partial charge >= 0.3 is 6.18 Å². The lowest BCUT2D eigenvalue weighted by Crippen LogP contribution is -2.46. The van der Waals surface area contributed by atoms with Crippen molar-refractivity contribution in [2.45, 2.75) is 117 Å². The number of benzene rings is 2. The molecule has 6 heteroatoms. The van der Waals surface area contributed by atoms with Crippen LogP contribution in [-0.4, -0.2) is 18.0 Å². The van der Waals surface area contributed by atoms with Gasteiger partial charge in [0.2, 0.25) is 0 Å². The van der Waals surface area contributed by atoms with Crippen LogP contribution in [0.3, 0.4) is 0 Å². The van der Waals surface area contributed by atoms with Gasteiger partial charge in [-0.1, -0.05) is 77.8 Å². The highest BCUT2D eigenvalue weighted by Gasteiger charge is 2.51. The van der Waals surface area contributed by atoms with Crippen LogP contribution in [0.15, 0.2) is 48.5 Å². The van der Waals surface area contributed by atoms with E-state index in [4.69, 9.17) is 4.74 Å². The van der Waals surface area contributed by atoms with E-state index in [2.05, 4.69) is 20.8 Å². The normalized spacial score (nSPS) is 20.9. The van der Waals surface area contributed by atoms with Crippen LogP contribution in [0.4, 0.5) is 17.6 Å². The Hall–Kier alpha value is -2.21. The second-order valence-corrected chi connectivity index (χ2v) is 11.8. The lowest BCUT2D eigenvalue weighted by Gasteiger charge is -2.37. The Morgan fingerprint density at radius 3 is 2.00 bits per heavy atom. The van der Waals surface area contributed by atoms with Crippen molar-refractivity contribution in [3.63, 3.8) is 0 Å². The Morgan fingerprint density at radius 2 is 1.57 bits per heavy atom. The molecule has 0 bridgehead atoms. The molecule has 2 aromatic carbocycles. The molecule has 1 saturated carbocycles. The van der Waals surface area contributed by atoms with E-state index >= 15 is 0 Å². The lowest BCUT2D eigenvalue weighted by atomic mass is 9.83. The van der Waals surface area contributed by atoms with Gasteiger partial charge in [-0.05, 0) is 98.4 Å². The second-order valence-electron chi connectivity index (χ2n) is 11.8. The van der Waals surface area contributed by atoms with Crippen LogP contribution in [0.25, 0.3) is 0 Å². The van der Waals surface area contributed by atoms with Gasteiger partial charge in [0, 0.05) is 0 Å². The summed E-state index contributed by atoms with van der Waals surface area (Å²) in [6, 6.07) is 12.4. The van der Waals surface area contributed by atoms with Gasteiger partial charge < -0.3 is 4.74 Å². The van der Waals surface area contributed by atoms with Crippen molar-refractivity contribution in [1.29, 1.82) is 0 Å². The van der Waals surface area contributed by atoms with E-state index in [1.807, 2.05) is 26.0 Å². The molecule has 0 spiro atoms. The van der Waals surface area contributed by atoms with Crippen LogP contribution in [0.2, 0.25) is 0 Å². The van der Waals surface area contributed by atoms with Crippen LogP contribution < -0.4 is 0 Å². The maximum absolute atomic E-state index is 12.7. The zero-order valence-corrected chi connectivity index (χ0v) is 25.1. The number of halogens is 4. The van der Waals surface area contributed by atoms with Crippen molar-refractivity contribution in [2.24, 2.45) is 11.8 Å². The fourth-order valence-electron chi connectivity index (χ4n) is 5.33. The zero-order chi connectivity index (χ0) is 29.9. The molecule has 1 aliphatic heterocycles. The molecular formula is C34H48F4O2. The van der Waals surface area contributed by atoms with Gasteiger partial charge in [0.05, 0.1) is 12.2 Å². The molecule has 2 fully saturated rings. The van der Waals surface area contributed by atoms with Crippen molar-refractivity contribution < 1.29 is 27.1 Å². The maximum Gasteiger partial charge on any atom is 0.416 e. The van der Waals surface area contributed by atoms with Crippen molar-refractivity contribution >= 4 is 5.78 Å². The summed E-state index contributed by atoms with van der Waals surface area (Å²) in [5, 5.41) is 0. The number of hydrogen-bond donors (Lipinski definition) is 0. The number of ether oxygens (including phenoxy) is 1. The predicted octanol–water partition coefficient (Wildman–Crippen LogP) is 10.5. The topological polar surface area (TPSA) is 26.3 Å². The average Bonchev–Trinajstić information content (AvgIpc) is 3.76. The molecule has 2 atom stereocenters. The number of carbonyl (C=O) groups is 1. The Labute approximate surface area is 238 Å². The van der Waals surface area contributed by atoms with E-state index in [0.717, 1.165) is 31.1 Å². The maximum atomic E-state index is 12.7. The summed E-state index contributed by atoms with van der Waals surface area (Å²) in [6.07, 6.45) is 5.06. The Bertz CT molecular complexity index is 1010. The molecule has 224 valence electrons. The molecule has 0 radical (unpaired) electrons. The molecule has 0 amide bonds. The monoisotopic (exact) mass is 564 g/mol. The van der Waals surface area contributed by atoms with Gasteiger partial charge in [0.25, 0.3) is 0 Å². The third kappa shape index (κ3) is 10.3. The van der Waals surface area contributed by atoms with E-state index in [1.54, 1.807) is 25.1 Å². The van der Waals surface area contributed by atoms with E-state index in [1.165, 1.54) is 56.2 Å². The van der Waals surface area contributed by atoms with Crippen LogP contribution >= 0.6 is 0 Å². The van der Waals surface area contributed by atoms with Crippen molar-refractivity contribution in [3.05, 3.63) is 71.0 Å². The summed E-state index contributed by atoms with van der Waals surface area (Å²) in [5.74, 6) is 2.03. The van der Waals surface area contributed by atoms with Gasteiger partial charge in [-0.2, -0.15) is 13.2 Å². The number of alkyl halides is 3. The first-order valence-corrected chi connectivity index (χ1v) is 14.9. The number of carbonyl (C=O) groups excluding carboxylic acids is 1. The highest BCUT2D eigenvalue weighted by Crippen LogP contribution is 2.47. The van der Waals surface area contributed by atoms with E-state index in [0.29, 0.717) is 17.8 Å². The summed E-state index contributed by atoms with van der Waals surface area (Å²) >= 11 is 0. The van der Waals surface area contributed by atoms with Gasteiger partial charge in [0.1, 0.15) is 11.4 Å². The third-order valence-corrected chi connectivity index (χ3v) is 7.96. The number of Topliss-reactive ketones (excluding diaryl/α,β-unsaturated/α-hetero) is 1. The van der Waals surface area contributed by atoms with Crippen molar-refractivity contribution in [3.8, 4) is 0 Å². The minimum atomic E-state index is -4.23. The summed E-state index contributed by atoms with van der Waals surface area (Å²) in [6.45, 7) is 12.8. The van der Waals surface area contributed by atoms with Crippen LogP contribution in [-0.2, 0) is 15.7 Å². The summed E-state index contributed by atoms with van der Waals surface area (Å²) in [7, 11) is 0. The van der Waals surface area contributed by atoms with Crippen LogP contribution in [0.1, 0.15) is 121 Å². The molecule has 4 rings (SSSR count). The Morgan fingerprint density at radius 1 is 0.975 bits per heavy atom. The molecule has 1 aliphatic carbocycles. The molecule has 1 unspecified atom stereocenters. The third-order valence-electron chi connectivity index (χ3n) is 7.96. The predicted molar refractivity (Wildman–Crippen MR) is 155 cm³/mol. The molecule has 2 aromatic rings. The van der Waals surface area contributed by atoms with Crippen molar-refractivity contribution in [2.75, 3.05) is 6.61 Å². The number of ketones is 1. The van der Waals surface area contributed by atoms with E-state index < -0.39 is 11.7 Å². The molecular weight excluding hydrogens is 516 g/mol. The summed E-state index contributed by atoms with van der Waals surface area (Å²) in [5.41, 5.74) is 1.07. The van der Waals surface area contributed by atoms with Gasteiger partial charge in [-0.3, -0.25) is 4.79 Å². The second kappa shape index (κ2) is 15.7. The Balaban J connectivity index is 0.000000210. The smallest absolute Gasteiger partial charge is 0.367 e. The first-order valence-electron chi connectivity index (χ1n) is 14.9. The first-order chi connectivity index (χ1) is 18.8. The lowest BCUT2D eigenvalue weighted by molar-refractivity contribution is -0.157. The van der Waals surface area contributed by atoms with Crippen molar-refractivity contribution in [1.82, 2.24) is 0 Å². The van der Waals surface area contributed by atoms with E-state index in [9.17, 15) is 22.4 Å². The molecule has 0 N–H and O–H groups in total. The highest BCUT2D eigenvalue weighted by molar-refractivity contribution is 5.85. The largest absolute Gasteiger partial charge is 0.416 e. The summed E-state index contributed by atoms with van der Waals surface area (Å²) in [4.78, 5) is 11.6. The molecule has 1 saturated heterocycles. The number of rotatable bonds is 8. The summed E-state index contributed by atoms with van der Waals surface area (Å²) < 4.78 is 55.2. The first kappa shape index (κ1) is 34.0. The molecule has 1 heterocycles. The van der Waals surface area contributed by atoms with E-state index in [-0.39, 0.29) is 23.1 Å². The molecule has 2 aliphatic rings. The quantitative estimate of drug-likeness (QED) is 0.298. The standard InChI is InChI=1S/C13H19F.C11H18O2.C10H11F3/c1-3-5-11(6-4-2)12-7-9-13(14)10-8-12;1-8-5-6-11(9(2)12,13-7-8)10-3-4-10;1-7(2)8-4-3-5-9(6-8)10(11,12)13/h7-11H,3-6H2,1-2H3;8,10H,3-7H2,1-2H3;3-7H,1-2H3/t;8?,11-;/m.1./s1. The highest BCUT2D eigenvalue weighted by atomic mass is 19.4. The van der Waals surface area contributed by atoms with Crippen LogP contribution in [0, 0.1) is 17.7 Å². The molecule has 0 aromatic heterocycles. The minimum Gasteiger partial charge on any atom is -0.367 e. The van der Waals surface area contributed by atoms with Gasteiger partial charge in [0.15, 0.2) is 5.78 Å². The van der Waals surface area contributed by atoms with Gasteiger partial charge in [-0.25, -0.2) is 4.39 Å². The zero-order valence-electron chi connectivity index (χ0n) is 25.1. The Kier molecular flexibility index (Phi) is 13.3. The molecule has 2 nitrogen and oxygen atoms in total. The van der Waals surface area contributed by atoms with Gasteiger partial charge in [-0.15, -0.1) is 0 Å². The SMILES string of the molecule is CC(=O)[C@@]1(C2CC2)CCC(C)CO1.CC(C)c1cccc(C(F)(F)F)c1.CCCC(CCC)c1ccc(F)cc1. The minimum absolute atomic E-state index is 0.127. The number of hydrogen-bond acceptors (Lipinski definition) is 2. The average molecular weight is 565 g/mol. The van der Waals surface area contributed by atoms with Crippen LogP contribution in [0.5, 0.6) is 0 Å². The fourth-order valence-corrected chi connectivity index (χ4v) is 5.33. The molecule has 40 heavy (non-hydrogen) atoms. The fraction of sp³-hybridized carbons (Fsp3) is 0.618.